The number of aliphatic imine (C=N–C) groups is 1. The van der Waals surface area contributed by atoms with Crippen LogP contribution >= 0.6 is 24.0 Å². The Hall–Kier alpha value is -1.68. The Bertz CT molecular complexity index is 828. The highest BCUT2D eigenvalue weighted by molar-refractivity contribution is 14.0. The van der Waals surface area contributed by atoms with Crippen LogP contribution in [0.25, 0.3) is 0 Å². The summed E-state index contributed by atoms with van der Waals surface area (Å²) in [4.78, 5) is 4.45. The summed E-state index contributed by atoms with van der Waals surface area (Å²) in [5.74, 6) is 0.197. The predicted molar refractivity (Wildman–Crippen MR) is 118 cm³/mol. The van der Waals surface area contributed by atoms with Crippen LogP contribution in [0, 0.1) is 5.82 Å². The van der Waals surface area contributed by atoms with E-state index >= 15 is 0 Å². The van der Waals surface area contributed by atoms with E-state index in [0.29, 0.717) is 23.8 Å². The van der Waals surface area contributed by atoms with Gasteiger partial charge in [0.2, 0.25) is 0 Å². The number of halogens is 2. The van der Waals surface area contributed by atoms with E-state index in [0.717, 1.165) is 5.56 Å². The average molecular weight is 505 g/mol. The molecule has 0 saturated carbocycles. The molecular formula is C19H25FIN3O2S. The molecule has 0 bridgehead atoms. The summed E-state index contributed by atoms with van der Waals surface area (Å²) < 4.78 is 38.0. The molecule has 27 heavy (non-hydrogen) atoms. The lowest BCUT2D eigenvalue weighted by molar-refractivity contribution is 0.568. The summed E-state index contributed by atoms with van der Waals surface area (Å²) in [5.41, 5.74) is 0.902. The molecule has 2 aromatic carbocycles. The zero-order chi connectivity index (χ0) is 19.0. The third kappa shape index (κ3) is 7.45. The molecule has 0 heterocycles. The van der Waals surface area contributed by atoms with Gasteiger partial charge >= 0.3 is 0 Å². The number of nitrogens with zero attached hydrogens (tertiary/aromatic N) is 1. The Morgan fingerprint density at radius 2 is 1.74 bits per heavy atom. The Labute approximate surface area is 177 Å². The van der Waals surface area contributed by atoms with Gasteiger partial charge in [-0.05, 0) is 36.2 Å². The van der Waals surface area contributed by atoms with E-state index in [1.807, 2.05) is 6.92 Å². The number of benzene rings is 2. The van der Waals surface area contributed by atoms with E-state index in [1.54, 1.807) is 49.5 Å². The quantitative estimate of drug-likeness (QED) is 0.344. The van der Waals surface area contributed by atoms with Gasteiger partial charge in [0.05, 0.1) is 10.6 Å². The number of guanidine groups is 1. The van der Waals surface area contributed by atoms with Gasteiger partial charge in [-0.15, -0.1) is 24.0 Å². The van der Waals surface area contributed by atoms with Crippen LogP contribution < -0.4 is 10.6 Å². The first-order chi connectivity index (χ1) is 12.4. The molecule has 5 nitrogen and oxygen atoms in total. The van der Waals surface area contributed by atoms with Crippen LogP contribution in [0.3, 0.4) is 0 Å². The highest BCUT2D eigenvalue weighted by Crippen LogP contribution is 2.12. The average Bonchev–Trinajstić information content (AvgIpc) is 2.66. The maximum atomic E-state index is 13.0. The molecule has 0 saturated heterocycles. The van der Waals surface area contributed by atoms with Gasteiger partial charge in [0.15, 0.2) is 15.8 Å². The van der Waals surface area contributed by atoms with Gasteiger partial charge in [-0.1, -0.05) is 37.3 Å². The van der Waals surface area contributed by atoms with Crippen molar-refractivity contribution in [3.63, 3.8) is 0 Å². The van der Waals surface area contributed by atoms with Crippen molar-refractivity contribution in [2.24, 2.45) is 4.99 Å². The first-order valence-corrected chi connectivity index (χ1v) is 10.1. The van der Waals surface area contributed by atoms with Crippen LogP contribution in [-0.4, -0.2) is 33.2 Å². The van der Waals surface area contributed by atoms with Crippen LogP contribution in [0.1, 0.15) is 18.9 Å². The lowest BCUT2D eigenvalue weighted by atomic mass is 10.2. The Kier molecular flexibility index (Phi) is 9.71. The van der Waals surface area contributed by atoms with Gasteiger partial charge in [0.25, 0.3) is 0 Å². The summed E-state index contributed by atoms with van der Waals surface area (Å²) >= 11 is 0. The summed E-state index contributed by atoms with van der Waals surface area (Å²) in [6.07, 6.45) is 0.628. The van der Waals surface area contributed by atoms with Gasteiger partial charge in [0, 0.05) is 19.6 Å². The third-order valence-electron chi connectivity index (χ3n) is 3.95. The van der Waals surface area contributed by atoms with Gasteiger partial charge in [-0.3, -0.25) is 4.99 Å². The summed E-state index contributed by atoms with van der Waals surface area (Å²) in [6, 6.07) is 14.3. The molecule has 0 fully saturated rings. The first kappa shape index (κ1) is 23.4. The normalized spacial score (nSPS) is 12.8. The van der Waals surface area contributed by atoms with E-state index < -0.39 is 9.84 Å². The minimum absolute atomic E-state index is 0. The molecule has 1 unspecified atom stereocenters. The number of rotatable bonds is 7. The zero-order valence-electron chi connectivity index (χ0n) is 15.4. The summed E-state index contributed by atoms with van der Waals surface area (Å²) in [7, 11) is -1.76. The predicted octanol–water partition coefficient (Wildman–Crippen LogP) is 3.36. The second-order valence-electron chi connectivity index (χ2n) is 5.90. The second-order valence-corrected chi connectivity index (χ2v) is 7.93. The molecule has 0 amide bonds. The maximum Gasteiger partial charge on any atom is 0.191 e. The number of nitrogens with one attached hydrogen (secondary N) is 2. The van der Waals surface area contributed by atoms with Crippen molar-refractivity contribution in [3.8, 4) is 0 Å². The van der Waals surface area contributed by atoms with Crippen LogP contribution in [0.5, 0.6) is 0 Å². The second kappa shape index (κ2) is 11.2. The number of hydrogen-bond donors (Lipinski definition) is 2. The SMILES string of the molecule is CCC(CS(=O)(=O)c1ccccc1)NC(=NC)NCc1ccc(F)cc1.I. The fourth-order valence-electron chi connectivity index (χ4n) is 2.43. The molecule has 0 aliphatic heterocycles. The molecule has 148 valence electrons. The summed E-state index contributed by atoms with van der Waals surface area (Å²) in [5, 5.41) is 6.26. The largest absolute Gasteiger partial charge is 0.353 e. The van der Waals surface area contributed by atoms with Gasteiger partial charge in [0.1, 0.15) is 5.82 Å². The van der Waals surface area contributed by atoms with Crippen molar-refractivity contribution >= 4 is 39.8 Å². The molecule has 1 atom stereocenters. The molecule has 2 rings (SSSR count). The van der Waals surface area contributed by atoms with E-state index in [-0.39, 0.29) is 41.6 Å². The van der Waals surface area contributed by atoms with Gasteiger partial charge in [-0.2, -0.15) is 0 Å². The van der Waals surface area contributed by atoms with E-state index in [1.165, 1.54) is 12.1 Å². The fourth-order valence-corrected chi connectivity index (χ4v) is 4.04. The van der Waals surface area contributed by atoms with Gasteiger partial charge < -0.3 is 10.6 Å². The highest BCUT2D eigenvalue weighted by Gasteiger charge is 2.20. The molecule has 0 radical (unpaired) electrons. The van der Waals surface area contributed by atoms with Crippen molar-refractivity contribution < 1.29 is 12.8 Å². The number of hydrogen-bond acceptors (Lipinski definition) is 3. The minimum atomic E-state index is -3.38. The van der Waals surface area contributed by atoms with Crippen molar-refractivity contribution in [3.05, 3.63) is 66.0 Å². The molecule has 2 aromatic rings. The smallest absolute Gasteiger partial charge is 0.191 e. The van der Waals surface area contributed by atoms with Crippen molar-refractivity contribution in [2.45, 2.75) is 30.8 Å². The van der Waals surface area contributed by atoms with Gasteiger partial charge in [-0.25, -0.2) is 12.8 Å². The van der Waals surface area contributed by atoms with Crippen LogP contribution in [0.4, 0.5) is 4.39 Å². The van der Waals surface area contributed by atoms with Crippen LogP contribution in [0.2, 0.25) is 0 Å². The minimum Gasteiger partial charge on any atom is -0.353 e. The third-order valence-corrected chi connectivity index (χ3v) is 5.78. The molecule has 0 aromatic heterocycles. The van der Waals surface area contributed by atoms with Crippen molar-refractivity contribution in [1.29, 1.82) is 0 Å². The van der Waals surface area contributed by atoms with Crippen molar-refractivity contribution in [1.82, 2.24) is 10.6 Å². The Morgan fingerprint density at radius 1 is 1.11 bits per heavy atom. The monoisotopic (exact) mass is 505 g/mol. The Balaban J connectivity index is 0.00000364. The van der Waals surface area contributed by atoms with Crippen LogP contribution in [0.15, 0.2) is 64.5 Å². The number of sulfone groups is 1. The Morgan fingerprint density at radius 3 is 2.30 bits per heavy atom. The summed E-state index contributed by atoms with van der Waals surface area (Å²) in [6.45, 7) is 2.38. The molecule has 0 aliphatic carbocycles. The molecule has 8 heteroatoms. The standard InChI is InChI=1S/C19H24FN3O2S.HI/c1-3-17(14-26(24,25)18-7-5-4-6-8-18)23-19(21-2)22-13-15-9-11-16(20)12-10-15;/h4-12,17H,3,13-14H2,1-2H3,(H2,21,22,23);1H. The molecular weight excluding hydrogens is 480 g/mol. The maximum absolute atomic E-state index is 13.0. The van der Waals surface area contributed by atoms with E-state index in [2.05, 4.69) is 15.6 Å². The van der Waals surface area contributed by atoms with E-state index in [4.69, 9.17) is 0 Å². The first-order valence-electron chi connectivity index (χ1n) is 8.44. The lowest BCUT2D eigenvalue weighted by Gasteiger charge is -2.20. The molecule has 0 aliphatic rings. The zero-order valence-corrected chi connectivity index (χ0v) is 18.5. The van der Waals surface area contributed by atoms with E-state index in [9.17, 15) is 12.8 Å². The van der Waals surface area contributed by atoms with Crippen LogP contribution in [-0.2, 0) is 16.4 Å². The fraction of sp³-hybridized carbons (Fsp3) is 0.316. The lowest BCUT2D eigenvalue weighted by Crippen LogP contribution is -2.45. The topological polar surface area (TPSA) is 70.6 Å². The molecule has 0 spiro atoms. The van der Waals surface area contributed by atoms with Crippen molar-refractivity contribution in [2.75, 3.05) is 12.8 Å². The highest BCUT2D eigenvalue weighted by atomic mass is 127. The molecule has 2 N–H and O–H groups in total.